The van der Waals surface area contributed by atoms with Gasteiger partial charge in [0.05, 0.1) is 16.6 Å². The summed E-state index contributed by atoms with van der Waals surface area (Å²) in [5.41, 5.74) is 0.448. The number of ether oxygens (including phenoxy) is 1. The van der Waals surface area contributed by atoms with Gasteiger partial charge in [0.15, 0.2) is 0 Å². The number of sulfonamides is 1. The summed E-state index contributed by atoms with van der Waals surface area (Å²) in [5, 5.41) is -0.329. The van der Waals surface area contributed by atoms with Crippen molar-refractivity contribution in [2.45, 2.75) is 25.9 Å². The fourth-order valence-electron chi connectivity index (χ4n) is 3.09. The Bertz CT molecular complexity index is 1030. The second kappa shape index (κ2) is 8.33. The fraction of sp³-hybridized carbons (Fsp3) is 0.444. The third-order valence-corrected chi connectivity index (χ3v) is 7.31. The van der Waals surface area contributed by atoms with Crippen LogP contribution in [0.25, 0.3) is 0 Å². The number of amides is 1. The number of esters is 1. The lowest BCUT2D eigenvalue weighted by atomic mass is 10.2. The third kappa shape index (κ3) is 4.12. The van der Waals surface area contributed by atoms with Crippen molar-refractivity contribution >= 4 is 37.8 Å². The molecule has 3 rings (SSSR count). The van der Waals surface area contributed by atoms with E-state index in [-0.39, 0.29) is 49.5 Å². The van der Waals surface area contributed by atoms with Crippen LogP contribution in [0.15, 0.2) is 30.5 Å². The predicted molar refractivity (Wildman–Crippen MR) is 105 cm³/mol. The van der Waals surface area contributed by atoms with Crippen LogP contribution < -0.4 is 0 Å². The van der Waals surface area contributed by atoms with Crippen LogP contribution in [0, 0.1) is 13.8 Å². The van der Waals surface area contributed by atoms with Crippen molar-refractivity contribution in [2.75, 3.05) is 32.8 Å². The fourth-order valence-corrected chi connectivity index (χ4v) is 4.95. The summed E-state index contributed by atoms with van der Waals surface area (Å²) in [6.45, 7) is 5.93. The Hall–Kier alpha value is -2.11. The summed E-state index contributed by atoms with van der Waals surface area (Å²) in [6.07, 6.45) is 0. The maximum Gasteiger partial charge on any atom is 0.374 e. The van der Waals surface area contributed by atoms with Gasteiger partial charge in [-0.05, 0) is 48.8 Å². The molecule has 0 spiro atoms. The highest BCUT2D eigenvalue weighted by Crippen LogP contribution is 2.29. The molecule has 0 aliphatic carbocycles. The number of carbonyl (C=O) groups excluding carboxylic acids is 2. The van der Waals surface area contributed by atoms with E-state index in [9.17, 15) is 18.0 Å². The molecule has 1 saturated heterocycles. The van der Waals surface area contributed by atoms with Gasteiger partial charge in [-0.25, -0.2) is 13.2 Å². The van der Waals surface area contributed by atoms with Gasteiger partial charge in [-0.1, -0.05) is 0 Å². The van der Waals surface area contributed by atoms with Crippen LogP contribution >= 0.6 is 15.9 Å². The summed E-state index contributed by atoms with van der Waals surface area (Å²) < 4.78 is 42.9. The molecular weight excluding hydrogens is 468 g/mol. The molecular formula is C18H21BrN2O7S. The highest BCUT2D eigenvalue weighted by molar-refractivity contribution is 9.10. The van der Waals surface area contributed by atoms with Gasteiger partial charge in [-0.2, -0.15) is 4.31 Å². The van der Waals surface area contributed by atoms with Gasteiger partial charge < -0.3 is 18.5 Å². The number of rotatable bonds is 5. The third-order valence-electron chi connectivity index (χ3n) is 4.58. The molecule has 0 bridgehead atoms. The molecule has 1 fully saturated rings. The van der Waals surface area contributed by atoms with Crippen LogP contribution in [0.5, 0.6) is 0 Å². The molecule has 0 unspecified atom stereocenters. The van der Waals surface area contributed by atoms with Crippen molar-refractivity contribution in [2.24, 2.45) is 0 Å². The Kier molecular flexibility index (Phi) is 6.20. The molecule has 9 nitrogen and oxygen atoms in total. The van der Waals surface area contributed by atoms with E-state index in [4.69, 9.17) is 13.6 Å². The first-order chi connectivity index (χ1) is 13.7. The molecule has 29 heavy (non-hydrogen) atoms. The van der Waals surface area contributed by atoms with E-state index < -0.39 is 16.0 Å². The Balaban J connectivity index is 1.70. The van der Waals surface area contributed by atoms with Crippen molar-refractivity contribution in [1.29, 1.82) is 0 Å². The largest absolute Gasteiger partial charge is 0.465 e. The lowest BCUT2D eigenvalue weighted by molar-refractivity contribution is 0.0483. The zero-order valence-corrected chi connectivity index (χ0v) is 18.6. The molecule has 158 valence electrons. The summed E-state index contributed by atoms with van der Waals surface area (Å²) >= 11 is 3.37. The molecule has 0 saturated carbocycles. The van der Waals surface area contributed by atoms with Crippen LogP contribution in [0.2, 0.25) is 0 Å². The molecule has 0 aromatic carbocycles. The molecule has 1 aliphatic heterocycles. The lowest BCUT2D eigenvalue weighted by Crippen LogP contribution is -2.50. The van der Waals surface area contributed by atoms with Crippen molar-refractivity contribution in [3.63, 3.8) is 0 Å². The second-order valence-electron chi connectivity index (χ2n) is 6.44. The number of carbonyl (C=O) groups is 2. The summed E-state index contributed by atoms with van der Waals surface area (Å²) in [5.74, 6) is 0.0141. The highest BCUT2D eigenvalue weighted by atomic mass is 79.9. The molecule has 0 N–H and O–H groups in total. The van der Waals surface area contributed by atoms with Gasteiger partial charge in [0.2, 0.25) is 10.9 Å². The summed E-state index contributed by atoms with van der Waals surface area (Å²) in [7, 11) is -3.92. The van der Waals surface area contributed by atoms with Crippen LogP contribution in [0.1, 0.15) is 39.4 Å². The minimum Gasteiger partial charge on any atom is -0.465 e. The van der Waals surface area contributed by atoms with Gasteiger partial charge >= 0.3 is 5.97 Å². The number of aryl methyl sites for hydroxylation is 2. The first-order valence-corrected chi connectivity index (χ1v) is 11.2. The average Bonchev–Trinajstić information content (AvgIpc) is 3.27. The number of nitrogens with zero attached hydrogens (tertiary/aromatic N) is 2. The molecule has 1 aliphatic rings. The van der Waals surface area contributed by atoms with E-state index in [2.05, 4.69) is 15.9 Å². The molecule has 1 amide bonds. The molecule has 2 aromatic heterocycles. The van der Waals surface area contributed by atoms with Gasteiger partial charge in [0.1, 0.15) is 11.5 Å². The second-order valence-corrected chi connectivity index (χ2v) is 9.10. The van der Waals surface area contributed by atoms with Crippen LogP contribution in [0.3, 0.4) is 0 Å². The summed E-state index contributed by atoms with van der Waals surface area (Å²) in [4.78, 5) is 26.1. The van der Waals surface area contributed by atoms with Crippen molar-refractivity contribution in [3.8, 4) is 0 Å². The SMILES string of the molecule is CCOC(=O)c1ccc(S(=O)(=O)N2CCN(C(=O)c3c(C)oc(C)c3Br)CC2)o1. The lowest BCUT2D eigenvalue weighted by Gasteiger charge is -2.33. The zero-order valence-electron chi connectivity index (χ0n) is 16.2. The smallest absolute Gasteiger partial charge is 0.374 e. The number of hydrogen-bond acceptors (Lipinski definition) is 7. The predicted octanol–water partition coefficient (Wildman–Crippen LogP) is 2.58. The molecule has 11 heteroatoms. The normalized spacial score (nSPS) is 15.5. The van der Waals surface area contributed by atoms with Crippen molar-refractivity contribution in [3.05, 3.63) is 39.4 Å². The molecule has 2 aromatic rings. The first kappa shape index (κ1) is 21.6. The van der Waals surface area contributed by atoms with Crippen molar-refractivity contribution in [1.82, 2.24) is 9.21 Å². The topological polar surface area (TPSA) is 110 Å². The highest BCUT2D eigenvalue weighted by Gasteiger charge is 2.34. The van der Waals surface area contributed by atoms with Crippen LogP contribution in [-0.2, 0) is 14.8 Å². The maximum atomic E-state index is 12.8. The van der Waals surface area contributed by atoms with Crippen molar-refractivity contribution < 1.29 is 31.6 Å². The van der Waals surface area contributed by atoms with E-state index in [1.54, 1.807) is 25.7 Å². The first-order valence-electron chi connectivity index (χ1n) is 8.98. The number of piperazine rings is 1. The Morgan fingerprint density at radius 3 is 2.31 bits per heavy atom. The Morgan fingerprint density at radius 2 is 1.76 bits per heavy atom. The number of furan rings is 2. The average molecular weight is 489 g/mol. The minimum atomic E-state index is -3.92. The zero-order chi connectivity index (χ0) is 21.3. The maximum absolute atomic E-state index is 12.8. The van der Waals surface area contributed by atoms with Gasteiger partial charge in [-0.3, -0.25) is 4.79 Å². The van der Waals surface area contributed by atoms with Crippen LogP contribution in [-0.4, -0.2) is 62.3 Å². The molecule has 0 radical (unpaired) electrons. The number of hydrogen-bond donors (Lipinski definition) is 0. The van der Waals surface area contributed by atoms with E-state index in [1.165, 1.54) is 16.4 Å². The van der Waals surface area contributed by atoms with Crippen LogP contribution in [0.4, 0.5) is 0 Å². The van der Waals surface area contributed by atoms with E-state index >= 15 is 0 Å². The minimum absolute atomic E-state index is 0.108. The van der Waals surface area contributed by atoms with Gasteiger partial charge in [0.25, 0.3) is 15.9 Å². The number of halogens is 1. The van der Waals surface area contributed by atoms with Gasteiger partial charge in [0, 0.05) is 26.2 Å². The summed E-state index contributed by atoms with van der Waals surface area (Å²) in [6, 6.07) is 2.50. The molecule has 3 heterocycles. The monoisotopic (exact) mass is 488 g/mol. The van der Waals surface area contributed by atoms with E-state index in [0.29, 0.717) is 21.6 Å². The quantitative estimate of drug-likeness (QED) is 0.594. The molecule has 0 atom stereocenters. The Labute approximate surface area is 176 Å². The van der Waals surface area contributed by atoms with E-state index in [0.717, 1.165) is 0 Å². The van der Waals surface area contributed by atoms with E-state index in [1.807, 2.05) is 0 Å². The Morgan fingerprint density at radius 1 is 1.10 bits per heavy atom. The van der Waals surface area contributed by atoms with Gasteiger partial charge in [-0.15, -0.1) is 0 Å². The standard InChI is InChI=1S/C18H21BrN2O7S/c1-4-26-18(23)13-5-6-14(28-13)29(24,25)21-9-7-20(8-10-21)17(22)15-11(2)27-12(3)16(15)19/h5-6H,4,7-10H2,1-3H3.